The van der Waals surface area contributed by atoms with Crippen molar-refractivity contribution in [3.8, 4) is 0 Å². The van der Waals surface area contributed by atoms with Gasteiger partial charge in [-0.05, 0) is 20.8 Å². The van der Waals surface area contributed by atoms with Gasteiger partial charge in [-0.1, -0.05) is 0 Å². The molecule has 94 valence electrons. The van der Waals surface area contributed by atoms with Crippen molar-refractivity contribution in [1.82, 2.24) is 9.88 Å². The predicted molar refractivity (Wildman–Crippen MR) is 65.4 cm³/mol. The summed E-state index contributed by atoms with van der Waals surface area (Å²) in [5, 5.41) is 9.46. The zero-order valence-electron chi connectivity index (χ0n) is 10.2. The van der Waals surface area contributed by atoms with E-state index in [2.05, 4.69) is 4.98 Å². The number of aliphatic carboxylic acids is 1. The van der Waals surface area contributed by atoms with Gasteiger partial charge >= 0.3 is 5.97 Å². The lowest BCUT2D eigenvalue weighted by atomic mass is 10.3. The molecule has 0 bridgehead atoms. The number of carbonyl (C=O) groups excluding carboxylic acids is 1. The van der Waals surface area contributed by atoms with Crippen molar-refractivity contribution in [3.63, 3.8) is 0 Å². The number of amides is 1. The van der Waals surface area contributed by atoms with E-state index in [9.17, 15) is 9.59 Å². The van der Waals surface area contributed by atoms with Gasteiger partial charge < -0.3 is 10.0 Å². The summed E-state index contributed by atoms with van der Waals surface area (Å²) in [7, 11) is 0. The van der Waals surface area contributed by atoms with Gasteiger partial charge in [0.25, 0.3) is 5.91 Å². The van der Waals surface area contributed by atoms with Gasteiger partial charge in [-0.3, -0.25) is 9.59 Å². The first-order valence-electron chi connectivity index (χ1n) is 5.40. The first kappa shape index (κ1) is 13.6. The van der Waals surface area contributed by atoms with Gasteiger partial charge in [-0.15, -0.1) is 11.3 Å². The average Bonchev–Trinajstić information content (AvgIpc) is 2.58. The Morgan fingerprint density at radius 1 is 1.41 bits per heavy atom. The number of hydrogen-bond donors (Lipinski definition) is 1. The highest BCUT2D eigenvalue weighted by Gasteiger charge is 2.20. The van der Waals surface area contributed by atoms with E-state index < -0.39 is 5.97 Å². The van der Waals surface area contributed by atoms with Gasteiger partial charge in [-0.2, -0.15) is 0 Å². The van der Waals surface area contributed by atoms with Crippen molar-refractivity contribution in [2.45, 2.75) is 27.2 Å². The number of thiazole rings is 1. The Labute approximate surface area is 104 Å². The first-order valence-corrected chi connectivity index (χ1v) is 6.22. The summed E-state index contributed by atoms with van der Waals surface area (Å²) in [6.07, 6.45) is -0.0399. The molecule has 5 nitrogen and oxygen atoms in total. The van der Waals surface area contributed by atoms with Crippen LogP contribution < -0.4 is 0 Å². The molecule has 0 aromatic carbocycles. The maximum absolute atomic E-state index is 12.1. The molecule has 0 saturated heterocycles. The molecule has 0 aliphatic rings. The number of carboxylic acid groups (broad SMARTS) is 1. The highest BCUT2D eigenvalue weighted by atomic mass is 32.1. The van der Waals surface area contributed by atoms with E-state index in [1.165, 1.54) is 16.2 Å². The third-order valence-corrected chi connectivity index (χ3v) is 3.26. The van der Waals surface area contributed by atoms with Crippen LogP contribution in [0, 0.1) is 13.8 Å². The number of aryl methyl sites for hydroxylation is 2. The fourth-order valence-corrected chi connectivity index (χ4v) is 2.32. The van der Waals surface area contributed by atoms with Crippen LogP contribution in [-0.2, 0) is 4.79 Å². The van der Waals surface area contributed by atoms with Crippen LogP contribution in [0.5, 0.6) is 0 Å². The monoisotopic (exact) mass is 256 g/mol. The summed E-state index contributed by atoms with van der Waals surface area (Å²) >= 11 is 1.47. The molecule has 0 aliphatic carbocycles. The lowest BCUT2D eigenvalue weighted by molar-refractivity contribution is -0.137. The smallest absolute Gasteiger partial charge is 0.305 e. The number of carbonyl (C=O) groups is 2. The van der Waals surface area contributed by atoms with Crippen LogP contribution in [0.25, 0.3) is 0 Å². The molecule has 0 saturated carbocycles. The summed E-state index contributed by atoms with van der Waals surface area (Å²) < 4.78 is 0. The van der Waals surface area contributed by atoms with E-state index in [0.717, 1.165) is 9.88 Å². The second-order valence-corrected chi connectivity index (χ2v) is 5.07. The highest BCUT2D eigenvalue weighted by molar-refractivity contribution is 7.11. The Morgan fingerprint density at radius 3 is 2.47 bits per heavy atom. The topological polar surface area (TPSA) is 70.5 Å². The molecule has 0 spiro atoms. The lowest BCUT2D eigenvalue weighted by Gasteiger charge is -2.19. The zero-order valence-corrected chi connectivity index (χ0v) is 11.0. The third-order valence-electron chi connectivity index (χ3n) is 2.37. The van der Waals surface area contributed by atoms with E-state index in [0.29, 0.717) is 12.2 Å². The van der Waals surface area contributed by atoms with Crippen LogP contribution in [0.3, 0.4) is 0 Å². The van der Waals surface area contributed by atoms with E-state index >= 15 is 0 Å². The number of rotatable bonds is 5. The molecule has 1 amide bonds. The maximum Gasteiger partial charge on any atom is 0.305 e. The van der Waals surface area contributed by atoms with E-state index in [-0.39, 0.29) is 18.9 Å². The van der Waals surface area contributed by atoms with Gasteiger partial charge in [0.1, 0.15) is 5.69 Å². The van der Waals surface area contributed by atoms with Crippen molar-refractivity contribution in [2.24, 2.45) is 0 Å². The Bertz CT molecular complexity index is 428. The number of carboxylic acids is 1. The second kappa shape index (κ2) is 5.77. The summed E-state index contributed by atoms with van der Waals surface area (Å²) in [4.78, 5) is 29.2. The predicted octanol–water partition coefficient (Wildman–Crippen LogP) is 1.70. The highest BCUT2D eigenvalue weighted by Crippen LogP contribution is 2.18. The van der Waals surface area contributed by atoms with Gasteiger partial charge in [0.05, 0.1) is 11.4 Å². The molecule has 1 aromatic rings. The second-order valence-electron chi connectivity index (χ2n) is 3.67. The molecule has 1 heterocycles. The van der Waals surface area contributed by atoms with E-state index in [4.69, 9.17) is 5.11 Å². The molecule has 17 heavy (non-hydrogen) atoms. The van der Waals surface area contributed by atoms with Crippen LogP contribution >= 0.6 is 11.3 Å². The van der Waals surface area contributed by atoms with Crippen molar-refractivity contribution < 1.29 is 14.7 Å². The summed E-state index contributed by atoms with van der Waals surface area (Å²) in [5.41, 5.74) is 0.444. The molecular weight excluding hydrogens is 240 g/mol. The third kappa shape index (κ3) is 3.52. The minimum absolute atomic E-state index is 0.0399. The molecule has 0 unspecified atom stereocenters. The van der Waals surface area contributed by atoms with Crippen LogP contribution in [-0.4, -0.2) is 40.0 Å². The standard InChI is InChI=1S/C11H16N2O3S/c1-4-13(6-5-9(14)15)11(16)10-7(2)17-8(3)12-10/h4-6H2,1-3H3,(H,14,15). The van der Waals surface area contributed by atoms with Gasteiger partial charge in [0, 0.05) is 18.0 Å². The van der Waals surface area contributed by atoms with Crippen molar-refractivity contribution in [3.05, 3.63) is 15.6 Å². The summed E-state index contributed by atoms with van der Waals surface area (Å²) in [6, 6.07) is 0. The Hall–Kier alpha value is -1.43. The molecule has 1 N–H and O–H groups in total. The largest absolute Gasteiger partial charge is 0.481 e. The van der Waals surface area contributed by atoms with Gasteiger partial charge in [0.15, 0.2) is 0 Å². The number of hydrogen-bond acceptors (Lipinski definition) is 4. The van der Waals surface area contributed by atoms with Crippen molar-refractivity contribution >= 4 is 23.2 Å². The number of aromatic nitrogens is 1. The maximum atomic E-state index is 12.1. The molecule has 1 aromatic heterocycles. The summed E-state index contributed by atoms with van der Waals surface area (Å²) in [6.45, 7) is 6.24. The van der Waals surface area contributed by atoms with Gasteiger partial charge in [-0.25, -0.2) is 4.98 Å². The lowest BCUT2D eigenvalue weighted by Crippen LogP contribution is -2.33. The van der Waals surface area contributed by atoms with Crippen LogP contribution in [0.1, 0.15) is 33.7 Å². The molecule has 0 fully saturated rings. The first-order chi connectivity index (χ1) is 7.95. The average molecular weight is 256 g/mol. The Balaban J connectivity index is 2.79. The minimum atomic E-state index is -0.901. The normalized spacial score (nSPS) is 10.3. The quantitative estimate of drug-likeness (QED) is 0.870. The molecule has 0 radical (unpaired) electrons. The molecule has 0 atom stereocenters. The Kier molecular flexibility index (Phi) is 4.62. The van der Waals surface area contributed by atoms with Crippen LogP contribution in [0.2, 0.25) is 0 Å². The fraction of sp³-hybridized carbons (Fsp3) is 0.545. The van der Waals surface area contributed by atoms with Crippen LogP contribution in [0.4, 0.5) is 0 Å². The number of nitrogens with zero attached hydrogens (tertiary/aromatic N) is 2. The molecule has 0 aliphatic heterocycles. The van der Waals surface area contributed by atoms with Crippen molar-refractivity contribution in [2.75, 3.05) is 13.1 Å². The summed E-state index contributed by atoms with van der Waals surface area (Å²) in [5.74, 6) is -1.09. The van der Waals surface area contributed by atoms with Crippen LogP contribution in [0.15, 0.2) is 0 Å². The van der Waals surface area contributed by atoms with Gasteiger partial charge in [0.2, 0.25) is 0 Å². The van der Waals surface area contributed by atoms with Crippen molar-refractivity contribution in [1.29, 1.82) is 0 Å². The molecular formula is C11H16N2O3S. The minimum Gasteiger partial charge on any atom is -0.481 e. The zero-order chi connectivity index (χ0) is 13.0. The van der Waals surface area contributed by atoms with E-state index in [1.54, 1.807) is 0 Å². The van der Waals surface area contributed by atoms with E-state index in [1.807, 2.05) is 20.8 Å². The molecule has 6 heteroatoms. The SMILES string of the molecule is CCN(CCC(=O)O)C(=O)c1nc(C)sc1C. The molecule has 1 rings (SSSR count). The fourth-order valence-electron chi connectivity index (χ4n) is 1.51. The Morgan fingerprint density at radius 2 is 2.06 bits per heavy atom.